The number of imidazole rings is 1. The van der Waals surface area contributed by atoms with Gasteiger partial charge in [-0.3, -0.25) is 14.3 Å². The van der Waals surface area contributed by atoms with Crippen molar-refractivity contribution in [2.24, 2.45) is 0 Å². The standard InChI is InChI=1S/C22H24N4OS/c1-3-25(19-11-5-7-16-9-6-12-23-20(16)19)21(27)17-8-4-10-18(15-17)26-14-13-24-22(26)28-2/h4,6,8-10,12-15,19H,3,5,7,11H2,1-2H3/t19-/m0/s1. The molecule has 2 aromatic heterocycles. The van der Waals surface area contributed by atoms with Crippen molar-refractivity contribution in [3.63, 3.8) is 0 Å². The van der Waals surface area contributed by atoms with Crippen LogP contribution < -0.4 is 0 Å². The predicted molar refractivity (Wildman–Crippen MR) is 112 cm³/mol. The van der Waals surface area contributed by atoms with E-state index in [2.05, 4.69) is 16.0 Å². The van der Waals surface area contributed by atoms with E-state index in [1.807, 2.05) is 65.4 Å². The SMILES string of the molecule is CCN(C(=O)c1cccc(-n2ccnc2SC)c1)[C@H]1CCCc2cccnc21. The van der Waals surface area contributed by atoms with Crippen LogP contribution in [-0.2, 0) is 6.42 Å². The molecule has 1 aliphatic carbocycles. The molecule has 0 unspecified atom stereocenters. The first-order chi connectivity index (χ1) is 13.7. The molecule has 4 rings (SSSR count). The second-order valence-electron chi connectivity index (χ2n) is 6.88. The van der Waals surface area contributed by atoms with Gasteiger partial charge in [-0.05, 0) is 62.3 Å². The Hall–Kier alpha value is -2.60. The van der Waals surface area contributed by atoms with Crippen molar-refractivity contribution in [3.8, 4) is 5.69 Å². The Labute approximate surface area is 169 Å². The largest absolute Gasteiger partial charge is 0.330 e. The van der Waals surface area contributed by atoms with Crippen molar-refractivity contribution < 1.29 is 4.79 Å². The molecule has 6 heteroatoms. The summed E-state index contributed by atoms with van der Waals surface area (Å²) in [6, 6.07) is 12.0. The first kappa shape index (κ1) is 18.7. The fourth-order valence-corrected chi connectivity index (χ4v) is 4.51. The van der Waals surface area contributed by atoms with Crippen molar-refractivity contribution in [2.75, 3.05) is 12.8 Å². The number of hydrogen-bond donors (Lipinski definition) is 0. The number of aryl methyl sites for hydroxylation is 1. The second kappa shape index (κ2) is 8.19. The van der Waals surface area contributed by atoms with E-state index < -0.39 is 0 Å². The summed E-state index contributed by atoms with van der Waals surface area (Å²) < 4.78 is 2.01. The molecule has 0 N–H and O–H groups in total. The van der Waals surface area contributed by atoms with Crippen LogP contribution in [0.2, 0.25) is 0 Å². The summed E-state index contributed by atoms with van der Waals surface area (Å²) in [7, 11) is 0. The number of pyridine rings is 1. The normalized spacial score (nSPS) is 15.9. The van der Waals surface area contributed by atoms with E-state index in [-0.39, 0.29) is 11.9 Å². The van der Waals surface area contributed by atoms with Crippen molar-refractivity contribution in [1.29, 1.82) is 0 Å². The van der Waals surface area contributed by atoms with Gasteiger partial charge in [-0.25, -0.2) is 4.98 Å². The number of fused-ring (bicyclic) bond motifs is 1. The average molecular weight is 393 g/mol. The molecule has 1 atom stereocenters. The molecule has 1 amide bonds. The van der Waals surface area contributed by atoms with Gasteiger partial charge in [0.25, 0.3) is 5.91 Å². The summed E-state index contributed by atoms with van der Waals surface area (Å²) in [6.45, 7) is 2.70. The van der Waals surface area contributed by atoms with Gasteiger partial charge in [0.05, 0.1) is 11.7 Å². The van der Waals surface area contributed by atoms with E-state index in [0.29, 0.717) is 12.1 Å². The Morgan fingerprint density at radius 3 is 2.96 bits per heavy atom. The maximum atomic E-state index is 13.4. The number of nitrogens with zero attached hydrogens (tertiary/aromatic N) is 4. The van der Waals surface area contributed by atoms with Crippen molar-refractivity contribution >= 4 is 17.7 Å². The molecule has 5 nitrogen and oxygen atoms in total. The molecular formula is C22H24N4OS. The number of amides is 1. The van der Waals surface area contributed by atoms with E-state index in [9.17, 15) is 4.79 Å². The van der Waals surface area contributed by atoms with Gasteiger partial charge < -0.3 is 4.90 Å². The first-order valence-electron chi connectivity index (χ1n) is 9.65. The van der Waals surface area contributed by atoms with E-state index in [4.69, 9.17) is 0 Å². The third-order valence-corrected chi connectivity index (χ3v) is 5.97. The number of aromatic nitrogens is 3. The van der Waals surface area contributed by atoms with Crippen LogP contribution in [0.15, 0.2) is 60.1 Å². The minimum absolute atomic E-state index is 0.0427. The topological polar surface area (TPSA) is 51.0 Å². The molecule has 0 aliphatic heterocycles. The van der Waals surface area contributed by atoms with Gasteiger partial charge in [-0.15, -0.1) is 0 Å². The summed E-state index contributed by atoms with van der Waals surface area (Å²) in [5.41, 5.74) is 3.97. The molecule has 0 fully saturated rings. The summed E-state index contributed by atoms with van der Waals surface area (Å²) in [6.07, 6.45) is 10.6. The smallest absolute Gasteiger partial charge is 0.254 e. The fraction of sp³-hybridized carbons (Fsp3) is 0.318. The van der Waals surface area contributed by atoms with Gasteiger partial charge >= 0.3 is 0 Å². The number of hydrogen-bond acceptors (Lipinski definition) is 4. The fourth-order valence-electron chi connectivity index (χ4n) is 3.99. The lowest BCUT2D eigenvalue weighted by atomic mass is 9.90. The first-order valence-corrected chi connectivity index (χ1v) is 10.9. The molecule has 0 spiro atoms. The Bertz CT molecular complexity index is 984. The Morgan fingerprint density at radius 1 is 1.25 bits per heavy atom. The Kier molecular flexibility index (Phi) is 5.48. The van der Waals surface area contributed by atoms with Crippen LogP contribution in [0.5, 0.6) is 0 Å². The lowest BCUT2D eigenvalue weighted by Gasteiger charge is -2.34. The van der Waals surface area contributed by atoms with Gasteiger partial charge in [0.15, 0.2) is 5.16 Å². The molecule has 144 valence electrons. The zero-order valence-corrected chi connectivity index (χ0v) is 17.0. The second-order valence-corrected chi connectivity index (χ2v) is 7.65. The van der Waals surface area contributed by atoms with Crippen molar-refractivity contribution in [2.45, 2.75) is 37.4 Å². The third-order valence-electron chi connectivity index (χ3n) is 5.30. The van der Waals surface area contributed by atoms with Crippen LogP contribution in [0.4, 0.5) is 0 Å². The molecule has 0 saturated carbocycles. The maximum Gasteiger partial charge on any atom is 0.254 e. The van der Waals surface area contributed by atoms with Gasteiger partial charge in [0.1, 0.15) is 0 Å². The van der Waals surface area contributed by atoms with E-state index in [1.165, 1.54) is 5.56 Å². The zero-order valence-electron chi connectivity index (χ0n) is 16.2. The minimum Gasteiger partial charge on any atom is -0.330 e. The molecule has 3 aromatic rings. The summed E-state index contributed by atoms with van der Waals surface area (Å²) in [5, 5.41) is 0.905. The van der Waals surface area contributed by atoms with Gasteiger partial charge in [0.2, 0.25) is 0 Å². The molecule has 0 radical (unpaired) electrons. The van der Waals surface area contributed by atoms with Gasteiger partial charge in [-0.2, -0.15) is 0 Å². The highest BCUT2D eigenvalue weighted by Crippen LogP contribution is 2.33. The monoisotopic (exact) mass is 392 g/mol. The predicted octanol–water partition coefficient (Wildman–Crippen LogP) is 4.53. The molecule has 0 bridgehead atoms. The summed E-state index contributed by atoms with van der Waals surface area (Å²) >= 11 is 1.59. The van der Waals surface area contributed by atoms with Gasteiger partial charge in [0, 0.05) is 36.4 Å². The van der Waals surface area contributed by atoms with Crippen molar-refractivity contribution in [1.82, 2.24) is 19.4 Å². The van der Waals surface area contributed by atoms with Crippen LogP contribution in [0, 0.1) is 0 Å². The number of thioether (sulfide) groups is 1. The van der Waals surface area contributed by atoms with Crippen molar-refractivity contribution in [3.05, 3.63) is 71.8 Å². The summed E-state index contributed by atoms with van der Waals surface area (Å²) in [5.74, 6) is 0.0543. The summed E-state index contributed by atoms with van der Waals surface area (Å²) in [4.78, 5) is 24.4. The average Bonchev–Trinajstić information content (AvgIpc) is 3.23. The molecule has 2 heterocycles. The van der Waals surface area contributed by atoms with Crippen LogP contribution in [0.3, 0.4) is 0 Å². The number of carbonyl (C=O) groups is 1. The van der Waals surface area contributed by atoms with Crippen LogP contribution in [-0.4, -0.2) is 38.1 Å². The Morgan fingerprint density at radius 2 is 2.14 bits per heavy atom. The minimum atomic E-state index is 0.0427. The Balaban J connectivity index is 1.66. The number of rotatable bonds is 5. The van der Waals surface area contributed by atoms with E-state index >= 15 is 0 Å². The quantitative estimate of drug-likeness (QED) is 0.599. The lowest BCUT2D eigenvalue weighted by molar-refractivity contribution is 0.0665. The third kappa shape index (κ3) is 3.44. The van der Waals surface area contributed by atoms with Crippen LogP contribution >= 0.6 is 11.8 Å². The highest BCUT2D eigenvalue weighted by Gasteiger charge is 2.30. The number of carbonyl (C=O) groups excluding carboxylic acids is 1. The van der Waals surface area contributed by atoms with E-state index in [1.54, 1.807) is 18.0 Å². The highest BCUT2D eigenvalue weighted by molar-refractivity contribution is 7.98. The lowest BCUT2D eigenvalue weighted by Crippen LogP contribution is -2.37. The number of benzene rings is 1. The van der Waals surface area contributed by atoms with E-state index in [0.717, 1.165) is 35.8 Å². The highest BCUT2D eigenvalue weighted by atomic mass is 32.2. The molecular weight excluding hydrogens is 368 g/mol. The van der Waals surface area contributed by atoms with Crippen LogP contribution in [0.1, 0.15) is 47.4 Å². The molecule has 1 aliphatic rings. The molecule has 1 aromatic carbocycles. The zero-order chi connectivity index (χ0) is 19.5. The van der Waals surface area contributed by atoms with Gasteiger partial charge in [-0.1, -0.05) is 23.9 Å². The molecule has 28 heavy (non-hydrogen) atoms. The maximum absolute atomic E-state index is 13.4. The van der Waals surface area contributed by atoms with Crippen LogP contribution in [0.25, 0.3) is 5.69 Å². The molecule has 0 saturated heterocycles.